The molecule has 0 saturated carbocycles. The average molecular weight is 451 g/mol. The average Bonchev–Trinajstić information content (AvgIpc) is 3.43. The monoisotopic (exact) mass is 450 g/mol. The summed E-state index contributed by atoms with van der Waals surface area (Å²) in [6.45, 7) is 4.07. The van der Waals surface area contributed by atoms with Gasteiger partial charge < -0.3 is 4.42 Å². The van der Waals surface area contributed by atoms with Gasteiger partial charge >= 0.3 is 0 Å². The molecule has 3 aromatic heterocycles. The van der Waals surface area contributed by atoms with Crippen LogP contribution in [0.4, 0.5) is 0 Å². The summed E-state index contributed by atoms with van der Waals surface area (Å²) in [5.41, 5.74) is 1.28. The Balaban J connectivity index is 1.52. The SMILES string of the molecule is C=CCn1c(=O)c2ccccc2n2c(SCc3nnc(-c4ccccc4Cl)o3)nnc12. The van der Waals surface area contributed by atoms with E-state index in [4.69, 9.17) is 16.0 Å². The summed E-state index contributed by atoms with van der Waals surface area (Å²) in [6, 6.07) is 14.7. The van der Waals surface area contributed by atoms with Gasteiger partial charge in [-0.25, -0.2) is 0 Å². The summed E-state index contributed by atoms with van der Waals surface area (Å²) >= 11 is 7.60. The van der Waals surface area contributed by atoms with Gasteiger partial charge in [-0.1, -0.05) is 53.7 Å². The maximum absolute atomic E-state index is 12.9. The molecule has 5 rings (SSSR count). The molecule has 0 fully saturated rings. The highest BCUT2D eigenvalue weighted by molar-refractivity contribution is 7.98. The van der Waals surface area contributed by atoms with Crippen molar-refractivity contribution in [2.45, 2.75) is 17.5 Å². The van der Waals surface area contributed by atoms with E-state index in [2.05, 4.69) is 27.0 Å². The Labute approximate surface area is 185 Å². The third-order valence-corrected chi connectivity index (χ3v) is 5.93. The molecule has 3 heterocycles. The fraction of sp³-hybridized carbons (Fsp3) is 0.0952. The first-order valence-electron chi connectivity index (χ1n) is 9.35. The molecule has 5 aromatic rings. The minimum atomic E-state index is -0.131. The predicted molar refractivity (Wildman–Crippen MR) is 119 cm³/mol. The van der Waals surface area contributed by atoms with Gasteiger partial charge in [-0.05, 0) is 24.3 Å². The van der Waals surface area contributed by atoms with Crippen LogP contribution in [0.15, 0.2) is 75.6 Å². The summed E-state index contributed by atoms with van der Waals surface area (Å²) in [4.78, 5) is 12.9. The van der Waals surface area contributed by atoms with Gasteiger partial charge in [0.2, 0.25) is 17.6 Å². The fourth-order valence-electron chi connectivity index (χ4n) is 3.30. The van der Waals surface area contributed by atoms with Crippen LogP contribution in [0.25, 0.3) is 28.1 Å². The topological polar surface area (TPSA) is 91.1 Å². The van der Waals surface area contributed by atoms with Crippen LogP contribution in [-0.2, 0) is 12.3 Å². The van der Waals surface area contributed by atoms with E-state index in [1.165, 1.54) is 11.8 Å². The van der Waals surface area contributed by atoms with Crippen molar-refractivity contribution in [3.05, 3.63) is 82.5 Å². The zero-order valence-corrected chi connectivity index (χ0v) is 17.7. The number of para-hydroxylation sites is 1. The summed E-state index contributed by atoms with van der Waals surface area (Å²) < 4.78 is 9.18. The van der Waals surface area contributed by atoms with E-state index in [9.17, 15) is 4.79 Å². The minimum absolute atomic E-state index is 0.131. The van der Waals surface area contributed by atoms with Gasteiger partial charge in [-0.15, -0.1) is 27.0 Å². The molecule has 8 nitrogen and oxygen atoms in total. The van der Waals surface area contributed by atoms with E-state index in [0.29, 0.717) is 51.0 Å². The Kier molecular flexibility index (Phi) is 5.05. The van der Waals surface area contributed by atoms with Crippen molar-refractivity contribution in [3.8, 4) is 11.5 Å². The van der Waals surface area contributed by atoms with Crippen molar-refractivity contribution in [1.82, 2.24) is 29.4 Å². The first-order chi connectivity index (χ1) is 15.2. The molecule has 0 aliphatic carbocycles. The van der Waals surface area contributed by atoms with Crippen LogP contribution >= 0.6 is 23.4 Å². The van der Waals surface area contributed by atoms with Crippen LogP contribution < -0.4 is 5.56 Å². The minimum Gasteiger partial charge on any atom is -0.420 e. The molecule has 0 atom stereocenters. The number of rotatable bonds is 6. The molecule has 2 aromatic carbocycles. The molecule has 0 spiro atoms. The van der Waals surface area contributed by atoms with E-state index in [1.807, 2.05) is 40.8 Å². The zero-order valence-electron chi connectivity index (χ0n) is 16.1. The molecule has 0 aliphatic rings. The Morgan fingerprint density at radius 3 is 2.71 bits per heavy atom. The number of aromatic nitrogens is 6. The van der Waals surface area contributed by atoms with Gasteiger partial charge in [0.25, 0.3) is 5.56 Å². The number of hydrogen-bond acceptors (Lipinski definition) is 7. The quantitative estimate of drug-likeness (QED) is 0.282. The number of nitrogens with zero attached hydrogens (tertiary/aromatic N) is 6. The van der Waals surface area contributed by atoms with Crippen molar-refractivity contribution in [3.63, 3.8) is 0 Å². The molecule has 0 saturated heterocycles. The molecule has 0 aliphatic heterocycles. The second-order valence-electron chi connectivity index (χ2n) is 6.61. The van der Waals surface area contributed by atoms with E-state index < -0.39 is 0 Å². The van der Waals surface area contributed by atoms with Crippen molar-refractivity contribution < 1.29 is 4.42 Å². The van der Waals surface area contributed by atoms with Crippen LogP contribution in [0.3, 0.4) is 0 Å². The lowest BCUT2D eigenvalue weighted by molar-refractivity contribution is 0.528. The Bertz CT molecular complexity index is 1490. The molecule has 154 valence electrons. The van der Waals surface area contributed by atoms with Crippen LogP contribution in [-0.4, -0.2) is 29.4 Å². The second kappa shape index (κ2) is 8.01. The van der Waals surface area contributed by atoms with Gasteiger partial charge in [0.05, 0.1) is 27.2 Å². The first kappa shape index (κ1) is 19.5. The third-order valence-electron chi connectivity index (χ3n) is 4.69. The number of benzene rings is 2. The summed E-state index contributed by atoms with van der Waals surface area (Å²) in [5.74, 6) is 1.62. The predicted octanol–water partition coefficient (Wildman–Crippen LogP) is 4.23. The first-order valence-corrected chi connectivity index (χ1v) is 10.7. The lowest BCUT2D eigenvalue weighted by Crippen LogP contribution is -2.22. The third kappa shape index (κ3) is 3.41. The van der Waals surface area contributed by atoms with Gasteiger partial charge in [-0.3, -0.25) is 13.8 Å². The maximum Gasteiger partial charge on any atom is 0.263 e. The fourth-order valence-corrected chi connectivity index (χ4v) is 4.30. The van der Waals surface area contributed by atoms with Gasteiger partial charge in [-0.2, -0.15) is 0 Å². The second-order valence-corrected chi connectivity index (χ2v) is 7.96. The van der Waals surface area contributed by atoms with Crippen LogP contribution in [0.1, 0.15) is 5.89 Å². The van der Waals surface area contributed by atoms with Gasteiger partial charge in [0.1, 0.15) is 0 Å². The van der Waals surface area contributed by atoms with Gasteiger partial charge in [0.15, 0.2) is 5.16 Å². The Hall–Kier alpha value is -3.43. The van der Waals surface area contributed by atoms with Crippen LogP contribution in [0.2, 0.25) is 5.02 Å². The maximum atomic E-state index is 12.9. The van der Waals surface area contributed by atoms with E-state index in [-0.39, 0.29) is 5.56 Å². The normalized spacial score (nSPS) is 11.4. The highest BCUT2D eigenvalue weighted by atomic mass is 35.5. The number of hydrogen-bond donors (Lipinski definition) is 0. The van der Waals surface area contributed by atoms with Crippen molar-refractivity contribution >= 4 is 40.0 Å². The van der Waals surface area contributed by atoms with Gasteiger partial charge in [0, 0.05) is 6.54 Å². The van der Waals surface area contributed by atoms with Crippen LogP contribution in [0.5, 0.6) is 0 Å². The van der Waals surface area contributed by atoms with Crippen molar-refractivity contribution in [2.75, 3.05) is 0 Å². The molecule has 0 bridgehead atoms. The lowest BCUT2D eigenvalue weighted by Gasteiger charge is -2.09. The molecule has 0 radical (unpaired) electrons. The smallest absolute Gasteiger partial charge is 0.263 e. The highest BCUT2D eigenvalue weighted by Crippen LogP contribution is 2.29. The molecular formula is C21H15ClN6O2S. The van der Waals surface area contributed by atoms with E-state index >= 15 is 0 Å². The molecule has 0 unspecified atom stereocenters. The summed E-state index contributed by atoms with van der Waals surface area (Å²) in [7, 11) is 0. The summed E-state index contributed by atoms with van der Waals surface area (Å²) in [5, 5.41) is 18.5. The summed E-state index contributed by atoms with van der Waals surface area (Å²) in [6.07, 6.45) is 1.66. The lowest BCUT2D eigenvalue weighted by atomic mass is 10.2. The zero-order chi connectivity index (χ0) is 21.4. The van der Waals surface area contributed by atoms with E-state index in [0.717, 1.165) is 5.52 Å². The molecule has 31 heavy (non-hydrogen) atoms. The Morgan fingerprint density at radius 1 is 1.06 bits per heavy atom. The van der Waals surface area contributed by atoms with Crippen LogP contribution in [0, 0.1) is 0 Å². The largest absolute Gasteiger partial charge is 0.420 e. The van der Waals surface area contributed by atoms with E-state index in [1.54, 1.807) is 22.8 Å². The Morgan fingerprint density at radius 2 is 1.87 bits per heavy atom. The molecule has 0 amide bonds. The number of allylic oxidation sites excluding steroid dienone is 1. The highest BCUT2D eigenvalue weighted by Gasteiger charge is 2.18. The number of fused-ring (bicyclic) bond motifs is 3. The molecule has 10 heteroatoms. The standard InChI is InChI=1S/C21H15ClN6O2S/c1-2-11-27-19(29)14-8-4-6-10-16(14)28-20(27)25-26-21(28)31-12-17-23-24-18(30-17)13-7-3-5-9-15(13)22/h2-10H,1,11-12H2. The number of thioether (sulfide) groups is 1. The van der Waals surface area contributed by atoms with Crippen molar-refractivity contribution in [2.24, 2.45) is 0 Å². The molecular weight excluding hydrogens is 436 g/mol. The van der Waals surface area contributed by atoms with Crippen molar-refractivity contribution in [1.29, 1.82) is 0 Å². The number of halogens is 1. The molecule has 0 N–H and O–H groups in total.